The molecular formula is C15H24N2O3. The Morgan fingerprint density at radius 3 is 2.55 bits per heavy atom. The first kappa shape index (κ1) is 15.0. The Morgan fingerprint density at radius 2 is 2.10 bits per heavy atom. The van der Waals surface area contributed by atoms with E-state index in [-0.39, 0.29) is 23.0 Å². The number of nitrogens with zero attached hydrogens (tertiary/aromatic N) is 1. The van der Waals surface area contributed by atoms with E-state index < -0.39 is 0 Å². The SMILES string of the molecule is CO[C@@]1(C)C[C@H](NC(=O)Cc2c(C)noc2C)C1(C)C. The smallest absolute Gasteiger partial charge is 0.224 e. The Labute approximate surface area is 120 Å². The lowest BCUT2D eigenvalue weighted by atomic mass is 9.56. The number of rotatable bonds is 4. The molecule has 20 heavy (non-hydrogen) atoms. The Kier molecular flexibility index (Phi) is 3.67. The normalized spacial score (nSPS) is 28.0. The minimum absolute atomic E-state index is 0.00984. The van der Waals surface area contributed by atoms with Gasteiger partial charge in [-0.1, -0.05) is 19.0 Å². The molecule has 1 aliphatic carbocycles. The maximum atomic E-state index is 12.2. The highest BCUT2D eigenvalue weighted by Crippen LogP contribution is 2.51. The maximum Gasteiger partial charge on any atom is 0.224 e. The summed E-state index contributed by atoms with van der Waals surface area (Å²) in [7, 11) is 1.73. The summed E-state index contributed by atoms with van der Waals surface area (Å²) in [4.78, 5) is 12.2. The Morgan fingerprint density at radius 1 is 1.45 bits per heavy atom. The molecule has 0 aromatic carbocycles. The summed E-state index contributed by atoms with van der Waals surface area (Å²) in [6, 6.07) is 0.139. The highest BCUT2D eigenvalue weighted by atomic mass is 16.5. The van der Waals surface area contributed by atoms with Crippen molar-refractivity contribution in [2.24, 2.45) is 5.41 Å². The Hall–Kier alpha value is -1.36. The zero-order valence-electron chi connectivity index (χ0n) is 13.2. The van der Waals surface area contributed by atoms with Gasteiger partial charge in [-0.2, -0.15) is 0 Å². The molecule has 0 spiro atoms. The third kappa shape index (κ3) is 2.24. The molecule has 0 unspecified atom stereocenters. The van der Waals surface area contributed by atoms with E-state index in [0.29, 0.717) is 12.2 Å². The molecule has 1 N–H and O–H groups in total. The molecule has 0 radical (unpaired) electrons. The Bertz CT molecular complexity index is 502. The number of amides is 1. The topological polar surface area (TPSA) is 64.4 Å². The van der Waals surface area contributed by atoms with Gasteiger partial charge in [0.2, 0.25) is 5.91 Å². The summed E-state index contributed by atoms with van der Waals surface area (Å²) in [5.74, 6) is 0.725. The van der Waals surface area contributed by atoms with Crippen molar-refractivity contribution >= 4 is 5.91 Å². The van der Waals surface area contributed by atoms with Crippen LogP contribution in [0.2, 0.25) is 0 Å². The minimum atomic E-state index is -0.173. The number of hydrogen-bond donors (Lipinski definition) is 1. The summed E-state index contributed by atoms with van der Waals surface area (Å²) in [5.41, 5.74) is 1.42. The molecule has 1 heterocycles. The van der Waals surface area contributed by atoms with Gasteiger partial charge in [-0.15, -0.1) is 0 Å². The summed E-state index contributed by atoms with van der Waals surface area (Å²) in [6.07, 6.45) is 1.15. The highest BCUT2D eigenvalue weighted by Gasteiger charge is 2.58. The summed E-state index contributed by atoms with van der Waals surface area (Å²) in [5, 5.41) is 6.97. The predicted octanol–water partition coefficient (Wildman–Crippen LogP) is 2.15. The van der Waals surface area contributed by atoms with Gasteiger partial charge in [0.25, 0.3) is 0 Å². The van der Waals surface area contributed by atoms with Crippen molar-refractivity contribution in [3.63, 3.8) is 0 Å². The van der Waals surface area contributed by atoms with Crippen LogP contribution < -0.4 is 5.32 Å². The molecule has 1 amide bonds. The van der Waals surface area contributed by atoms with Crippen molar-refractivity contribution in [3.8, 4) is 0 Å². The monoisotopic (exact) mass is 280 g/mol. The molecular weight excluding hydrogens is 256 g/mol. The van der Waals surface area contributed by atoms with Gasteiger partial charge in [0.1, 0.15) is 5.76 Å². The summed E-state index contributed by atoms with van der Waals surface area (Å²) in [6.45, 7) is 10.0. The maximum absolute atomic E-state index is 12.2. The van der Waals surface area contributed by atoms with E-state index in [4.69, 9.17) is 9.26 Å². The van der Waals surface area contributed by atoms with E-state index in [9.17, 15) is 4.79 Å². The number of aromatic nitrogens is 1. The molecule has 112 valence electrons. The zero-order chi connectivity index (χ0) is 15.1. The number of nitrogens with one attached hydrogen (secondary N) is 1. The second-order valence-electron chi connectivity index (χ2n) is 6.46. The Balaban J connectivity index is 1.98. The fourth-order valence-corrected chi connectivity index (χ4v) is 2.88. The van der Waals surface area contributed by atoms with Gasteiger partial charge >= 0.3 is 0 Å². The number of ether oxygens (including phenoxy) is 1. The van der Waals surface area contributed by atoms with Gasteiger partial charge in [0, 0.05) is 24.1 Å². The predicted molar refractivity (Wildman–Crippen MR) is 75.4 cm³/mol. The van der Waals surface area contributed by atoms with Crippen molar-refractivity contribution in [2.45, 2.75) is 59.1 Å². The number of carbonyl (C=O) groups excluding carboxylic acids is 1. The molecule has 5 nitrogen and oxygen atoms in total. The van der Waals surface area contributed by atoms with Crippen LogP contribution in [0.25, 0.3) is 0 Å². The quantitative estimate of drug-likeness (QED) is 0.918. The van der Waals surface area contributed by atoms with Gasteiger partial charge in [-0.05, 0) is 27.2 Å². The third-order valence-electron chi connectivity index (χ3n) is 5.13. The number of aryl methyl sites for hydroxylation is 2. The van der Waals surface area contributed by atoms with Crippen molar-refractivity contribution in [3.05, 3.63) is 17.0 Å². The highest BCUT2D eigenvalue weighted by molar-refractivity contribution is 5.79. The molecule has 5 heteroatoms. The van der Waals surface area contributed by atoms with Crippen LogP contribution in [0, 0.1) is 19.3 Å². The van der Waals surface area contributed by atoms with Crippen molar-refractivity contribution < 1.29 is 14.1 Å². The summed E-state index contributed by atoms with van der Waals surface area (Å²) >= 11 is 0. The first-order valence-electron chi connectivity index (χ1n) is 6.97. The lowest BCUT2D eigenvalue weighted by molar-refractivity contribution is -0.182. The van der Waals surface area contributed by atoms with Crippen LogP contribution in [-0.4, -0.2) is 29.8 Å². The van der Waals surface area contributed by atoms with Crippen LogP contribution in [0.5, 0.6) is 0 Å². The minimum Gasteiger partial charge on any atom is -0.378 e. The van der Waals surface area contributed by atoms with E-state index in [0.717, 1.165) is 17.7 Å². The van der Waals surface area contributed by atoms with Crippen LogP contribution in [0.15, 0.2) is 4.52 Å². The number of hydrogen-bond acceptors (Lipinski definition) is 4. The third-order valence-corrected chi connectivity index (χ3v) is 5.13. The number of carbonyl (C=O) groups is 1. The second kappa shape index (κ2) is 4.88. The van der Waals surface area contributed by atoms with Crippen LogP contribution >= 0.6 is 0 Å². The van der Waals surface area contributed by atoms with Crippen molar-refractivity contribution in [1.82, 2.24) is 10.5 Å². The molecule has 1 aromatic rings. The molecule has 1 fully saturated rings. The first-order valence-corrected chi connectivity index (χ1v) is 6.97. The van der Waals surface area contributed by atoms with Crippen molar-refractivity contribution in [2.75, 3.05) is 7.11 Å². The van der Waals surface area contributed by atoms with Gasteiger partial charge in [-0.25, -0.2) is 0 Å². The number of methoxy groups -OCH3 is 1. The molecule has 2 atom stereocenters. The standard InChI is InChI=1S/C15H24N2O3/c1-9-11(10(2)20-17-9)7-13(18)16-12-8-15(5,19-6)14(12,3)4/h12H,7-8H2,1-6H3,(H,16,18)/t12-,15-/m0/s1. The molecule has 2 rings (SSSR count). The lowest BCUT2D eigenvalue weighted by Gasteiger charge is -2.59. The van der Waals surface area contributed by atoms with Crippen LogP contribution in [0.3, 0.4) is 0 Å². The van der Waals surface area contributed by atoms with Gasteiger partial charge < -0.3 is 14.6 Å². The van der Waals surface area contributed by atoms with E-state index in [1.54, 1.807) is 7.11 Å². The average Bonchev–Trinajstić information content (AvgIpc) is 2.69. The second-order valence-corrected chi connectivity index (χ2v) is 6.46. The van der Waals surface area contributed by atoms with Gasteiger partial charge in [-0.3, -0.25) is 4.79 Å². The van der Waals surface area contributed by atoms with Gasteiger partial charge in [0.05, 0.1) is 17.7 Å². The molecule has 1 aromatic heterocycles. The van der Waals surface area contributed by atoms with Gasteiger partial charge in [0.15, 0.2) is 0 Å². The van der Waals surface area contributed by atoms with E-state index in [1.807, 2.05) is 13.8 Å². The summed E-state index contributed by atoms with van der Waals surface area (Å²) < 4.78 is 10.7. The van der Waals surface area contributed by atoms with Crippen LogP contribution in [0.4, 0.5) is 0 Å². The molecule has 1 saturated carbocycles. The largest absolute Gasteiger partial charge is 0.378 e. The zero-order valence-corrected chi connectivity index (χ0v) is 13.2. The van der Waals surface area contributed by atoms with E-state index in [1.165, 1.54) is 0 Å². The molecule has 0 saturated heterocycles. The average molecular weight is 280 g/mol. The lowest BCUT2D eigenvalue weighted by Crippen LogP contribution is -2.68. The van der Waals surface area contributed by atoms with E-state index >= 15 is 0 Å². The molecule has 0 bridgehead atoms. The van der Waals surface area contributed by atoms with Crippen LogP contribution in [-0.2, 0) is 16.0 Å². The fourth-order valence-electron chi connectivity index (χ4n) is 2.88. The first-order chi connectivity index (χ1) is 9.21. The fraction of sp³-hybridized carbons (Fsp3) is 0.733. The van der Waals surface area contributed by atoms with E-state index in [2.05, 4.69) is 31.2 Å². The van der Waals surface area contributed by atoms with Crippen LogP contribution in [0.1, 0.15) is 44.2 Å². The molecule has 1 aliphatic rings. The van der Waals surface area contributed by atoms with Crippen molar-refractivity contribution in [1.29, 1.82) is 0 Å². The molecule has 0 aliphatic heterocycles.